The van der Waals surface area contributed by atoms with Crippen molar-refractivity contribution in [2.45, 2.75) is 13.3 Å². The van der Waals surface area contributed by atoms with Crippen LogP contribution in [0.5, 0.6) is 0 Å². The Balaban J connectivity index is 2.33. The summed E-state index contributed by atoms with van der Waals surface area (Å²) in [5.41, 5.74) is 2.82. The quantitative estimate of drug-likeness (QED) is 0.613. The molecular weight excluding hydrogens is 274 g/mol. The van der Waals surface area contributed by atoms with Gasteiger partial charge in [-0.25, -0.2) is 0 Å². The standard InChI is InChI=1S/C16H14ClNO2/c1-12-9-15(17)8-7-14(12)11-16(18(19)20)10-13-5-3-2-4-6-13/h2-9,11H,10H2,1H3/b16-11-. The summed E-state index contributed by atoms with van der Waals surface area (Å²) in [6.07, 6.45) is 1.91. The number of aryl methyl sites for hydroxylation is 1. The van der Waals surface area contributed by atoms with E-state index in [1.165, 1.54) is 0 Å². The van der Waals surface area contributed by atoms with Gasteiger partial charge in [-0.05, 0) is 35.7 Å². The highest BCUT2D eigenvalue weighted by Gasteiger charge is 2.12. The first-order valence-corrected chi connectivity index (χ1v) is 6.59. The van der Waals surface area contributed by atoms with Crippen molar-refractivity contribution < 1.29 is 4.92 Å². The highest BCUT2D eigenvalue weighted by atomic mass is 35.5. The Kier molecular flexibility index (Phi) is 4.53. The largest absolute Gasteiger partial charge is 0.259 e. The maximum atomic E-state index is 11.2. The van der Waals surface area contributed by atoms with Crippen molar-refractivity contribution in [3.63, 3.8) is 0 Å². The van der Waals surface area contributed by atoms with Gasteiger partial charge in [0.25, 0.3) is 5.70 Å². The maximum Gasteiger partial charge on any atom is 0.251 e. The van der Waals surface area contributed by atoms with Gasteiger partial charge in [0.05, 0.1) is 11.3 Å². The molecule has 0 unspecified atom stereocenters. The number of hydrogen-bond acceptors (Lipinski definition) is 2. The third-order valence-electron chi connectivity index (χ3n) is 3.02. The van der Waals surface area contributed by atoms with Crippen molar-refractivity contribution >= 4 is 17.7 Å². The third kappa shape index (κ3) is 3.68. The molecule has 4 heteroatoms. The van der Waals surface area contributed by atoms with E-state index in [1.54, 1.807) is 24.3 Å². The lowest BCUT2D eigenvalue weighted by Crippen LogP contribution is -2.02. The van der Waals surface area contributed by atoms with Crippen LogP contribution in [0.25, 0.3) is 6.08 Å². The summed E-state index contributed by atoms with van der Waals surface area (Å²) >= 11 is 5.89. The van der Waals surface area contributed by atoms with Crippen LogP contribution in [-0.2, 0) is 6.42 Å². The summed E-state index contributed by atoms with van der Waals surface area (Å²) in [7, 11) is 0. The molecule has 0 atom stereocenters. The second-order valence-electron chi connectivity index (χ2n) is 4.56. The molecule has 0 spiro atoms. The minimum Gasteiger partial charge on any atom is -0.259 e. The summed E-state index contributed by atoms with van der Waals surface area (Å²) < 4.78 is 0. The zero-order chi connectivity index (χ0) is 14.5. The van der Waals surface area contributed by atoms with E-state index in [4.69, 9.17) is 11.6 Å². The van der Waals surface area contributed by atoms with Gasteiger partial charge < -0.3 is 0 Å². The molecule has 20 heavy (non-hydrogen) atoms. The summed E-state index contributed by atoms with van der Waals surface area (Å²) in [6.45, 7) is 1.89. The second-order valence-corrected chi connectivity index (χ2v) is 4.99. The van der Waals surface area contributed by atoms with Crippen molar-refractivity contribution in [1.82, 2.24) is 0 Å². The minimum absolute atomic E-state index is 0.168. The van der Waals surface area contributed by atoms with Crippen molar-refractivity contribution in [3.8, 4) is 0 Å². The molecule has 0 aliphatic rings. The number of hydrogen-bond donors (Lipinski definition) is 0. The topological polar surface area (TPSA) is 43.1 Å². The number of allylic oxidation sites excluding steroid dienone is 1. The van der Waals surface area contributed by atoms with Crippen molar-refractivity contribution in [1.29, 1.82) is 0 Å². The van der Waals surface area contributed by atoms with Crippen LogP contribution in [0.15, 0.2) is 54.2 Å². The Morgan fingerprint density at radius 1 is 1.25 bits per heavy atom. The molecule has 2 aromatic rings. The van der Waals surface area contributed by atoms with Gasteiger partial charge >= 0.3 is 0 Å². The first kappa shape index (κ1) is 14.3. The molecule has 0 fully saturated rings. The van der Waals surface area contributed by atoms with Gasteiger partial charge in [-0.15, -0.1) is 0 Å². The van der Waals surface area contributed by atoms with Gasteiger partial charge in [-0.2, -0.15) is 0 Å². The lowest BCUT2D eigenvalue weighted by Gasteiger charge is -2.03. The number of rotatable bonds is 4. The molecule has 0 aromatic heterocycles. The van der Waals surface area contributed by atoms with Gasteiger partial charge in [0.2, 0.25) is 0 Å². The third-order valence-corrected chi connectivity index (χ3v) is 3.25. The second kappa shape index (κ2) is 6.35. The Hall–Kier alpha value is -2.13. The fourth-order valence-corrected chi connectivity index (χ4v) is 2.18. The minimum atomic E-state index is -0.332. The highest BCUT2D eigenvalue weighted by Crippen LogP contribution is 2.19. The molecule has 0 heterocycles. The molecule has 2 aromatic carbocycles. The van der Waals surface area contributed by atoms with Crippen LogP contribution in [0.3, 0.4) is 0 Å². The molecule has 0 saturated heterocycles. The Morgan fingerprint density at radius 2 is 1.95 bits per heavy atom. The van der Waals surface area contributed by atoms with Crippen LogP contribution in [0, 0.1) is 17.0 Å². The summed E-state index contributed by atoms with van der Waals surface area (Å²) in [5.74, 6) is 0. The smallest absolute Gasteiger partial charge is 0.251 e. The van der Waals surface area contributed by atoms with E-state index in [0.717, 1.165) is 16.7 Å². The molecule has 102 valence electrons. The van der Waals surface area contributed by atoms with E-state index in [1.807, 2.05) is 37.3 Å². The predicted octanol–water partition coefficient (Wildman–Crippen LogP) is 4.51. The Morgan fingerprint density at radius 3 is 2.55 bits per heavy atom. The molecule has 0 N–H and O–H groups in total. The SMILES string of the molecule is Cc1cc(Cl)ccc1/C=C(/Cc1ccccc1)[N+](=O)[O-]. The van der Waals surface area contributed by atoms with E-state index < -0.39 is 0 Å². The average molecular weight is 288 g/mol. The molecule has 0 radical (unpaired) electrons. The van der Waals surface area contributed by atoms with E-state index >= 15 is 0 Å². The van der Waals surface area contributed by atoms with Crippen LogP contribution >= 0.6 is 11.6 Å². The predicted molar refractivity (Wildman–Crippen MR) is 81.3 cm³/mol. The van der Waals surface area contributed by atoms with Gasteiger partial charge in [0.1, 0.15) is 0 Å². The van der Waals surface area contributed by atoms with Crippen LogP contribution in [0.1, 0.15) is 16.7 Å². The maximum absolute atomic E-state index is 11.2. The normalized spacial score (nSPS) is 11.4. The molecular formula is C16H14ClNO2. The summed E-state index contributed by atoms with van der Waals surface area (Å²) in [5, 5.41) is 11.8. The first-order valence-electron chi connectivity index (χ1n) is 6.21. The zero-order valence-electron chi connectivity index (χ0n) is 11.0. The summed E-state index contributed by atoms with van der Waals surface area (Å²) in [4.78, 5) is 10.9. The number of halogens is 1. The number of nitro groups is 1. The van der Waals surface area contributed by atoms with Gasteiger partial charge in [-0.1, -0.05) is 48.0 Å². The van der Waals surface area contributed by atoms with Crippen molar-refractivity contribution in [2.24, 2.45) is 0 Å². The van der Waals surface area contributed by atoms with Crippen molar-refractivity contribution in [3.05, 3.63) is 86.1 Å². The molecule has 0 saturated carbocycles. The van der Waals surface area contributed by atoms with E-state index in [0.29, 0.717) is 11.4 Å². The number of nitrogens with zero attached hydrogens (tertiary/aromatic N) is 1. The lowest BCUT2D eigenvalue weighted by atomic mass is 10.0. The highest BCUT2D eigenvalue weighted by molar-refractivity contribution is 6.30. The lowest BCUT2D eigenvalue weighted by molar-refractivity contribution is -0.425. The first-order chi connectivity index (χ1) is 9.56. The van der Waals surface area contributed by atoms with E-state index in [-0.39, 0.29) is 10.6 Å². The fraction of sp³-hybridized carbons (Fsp3) is 0.125. The van der Waals surface area contributed by atoms with Gasteiger partial charge in [-0.3, -0.25) is 10.1 Å². The van der Waals surface area contributed by atoms with Crippen LogP contribution in [0.2, 0.25) is 5.02 Å². The van der Waals surface area contributed by atoms with Gasteiger partial charge in [0, 0.05) is 11.1 Å². The van der Waals surface area contributed by atoms with Crippen LogP contribution in [-0.4, -0.2) is 4.92 Å². The molecule has 0 amide bonds. The molecule has 3 nitrogen and oxygen atoms in total. The van der Waals surface area contributed by atoms with E-state index in [2.05, 4.69) is 0 Å². The fourth-order valence-electron chi connectivity index (χ4n) is 1.95. The van der Waals surface area contributed by atoms with Crippen molar-refractivity contribution in [2.75, 3.05) is 0 Å². The molecule has 2 rings (SSSR count). The molecule has 0 aliphatic carbocycles. The van der Waals surface area contributed by atoms with Crippen LogP contribution < -0.4 is 0 Å². The Bertz CT molecular complexity index is 651. The van der Waals surface area contributed by atoms with E-state index in [9.17, 15) is 10.1 Å². The number of benzene rings is 2. The van der Waals surface area contributed by atoms with Crippen LogP contribution in [0.4, 0.5) is 0 Å². The molecule has 0 bridgehead atoms. The average Bonchev–Trinajstić information content (AvgIpc) is 2.42. The van der Waals surface area contributed by atoms with Gasteiger partial charge in [0.15, 0.2) is 0 Å². The monoisotopic (exact) mass is 287 g/mol. The zero-order valence-corrected chi connectivity index (χ0v) is 11.8. The summed E-state index contributed by atoms with van der Waals surface area (Å²) in [6, 6.07) is 14.7. The Labute approximate surface area is 122 Å². The molecule has 0 aliphatic heterocycles.